The second kappa shape index (κ2) is 5.49. The molecule has 0 atom stereocenters. The Hall–Kier alpha value is -2.87. The Labute approximate surface area is 129 Å². The van der Waals surface area contributed by atoms with Gasteiger partial charge in [-0.3, -0.25) is 0 Å². The minimum Gasteiger partial charge on any atom is -0.326 e. The predicted molar refractivity (Wildman–Crippen MR) is 90.7 cm³/mol. The van der Waals surface area contributed by atoms with Crippen LogP contribution in [0.5, 0.6) is 0 Å². The van der Waals surface area contributed by atoms with Gasteiger partial charge in [0.15, 0.2) is 0 Å². The number of hydrogen-bond acceptors (Lipinski definition) is 1. The third-order valence-corrected chi connectivity index (χ3v) is 3.95. The highest BCUT2D eigenvalue weighted by Crippen LogP contribution is 2.24. The first-order chi connectivity index (χ1) is 10.9. The molecule has 0 fully saturated rings. The Morgan fingerprint density at radius 2 is 1.55 bits per heavy atom. The van der Waals surface area contributed by atoms with E-state index in [4.69, 9.17) is 0 Å². The van der Waals surface area contributed by atoms with Crippen LogP contribution in [0, 0.1) is 0 Å². The van der Waals surface area contributed by atoms with E-state index >= 15 is 0 Å². The summed E-state index contributed by atoms with van der Waals surface area (Å²) >= 11 is 0. The zero-order valence-corrected chi connectivity index (χ0v) is 12.2. The quantitative estimate of drug-likeness (QED) is 0.531. The van der Waals surface area contributed by atoms with E-state index in [0.29, 0.717) is 0 Å². The molecule has 0 unspecified atom stereocenters. The van der Waals surface area contributed by atoms with E-state index in [9.17, 15) is 0 Å². The van der Waals surface area contributed by atoms with Gasteiger partial charge in [0.2, 0.25) is 0 Å². The van der Waals surface area contributed by atoms with Crippen molar-refractivity contribution < 1.29 is 0 Å². The fourth-order valence-electron chi connectivity index (χ4n) is 2.82. The largest absolute Gasteiger partial charge is 0.326 e. The molecule has 0 aliphatic carbocycles. The van der Waals surface area contributed by atoms with Gasteiger partial charge in [0.1, 0.15) is 0 Å². The van der Waals surface area contributed by atoms with E-state index in [1.54, 1.807) is 0 Å². The SMILES string of the molecule is c1ccc(Cn2cncc2-c2ccc3ccccc3c2)cc1. The third kappa shape index (κ3) is 2.40. The van der Waals surface area contributed by atoms with Crippen molar-refractivity contribution in [2.75, 3.05) is 0 Å². The molecule has 0 saturated carbocycles. The summed E-state index contributed by atoms with van der Waals surface area (Å²) in [6.45, 7) is 0.836. The summed E-state index contributed by atoms with van der Waals surface area (Å²) in [5.41, 5.74) is 3.63. The smallest absolute Gasteiger partial charge is 0.0954 e. The van der Waals surface area contributed by atoms with Gasteiger partial charge >= 0.3 is 0 Å². The summed E-state index contributed by atoms with van der Waals surface area (Å²) in [5.74, 6) is 0. The van der Waals surface area contributed by atoms with E-state index in [1.165, 1.54) is 21.9 Å². The number of rotatable bonds is 3. The highest BCUT2D eigenvalue weighted by molar-refractivity contribution is 5.86. The number of hydrogen-bond donors (Lipinski definition) is 0. The van der Waals surface area contributed by atoms with Gasteiger partial charge in [-0.2, -0.15) is 0 Å². The minimum absolute atomic E-state index is 0.836. The molecule has 1 heterocycles. The molecule has 4 aromatic rings. The molecule has 0 aliphatic rings. The van der Waals surface area contributed by atoms with Crippen LogP contribution in [0.2, 0.25) is 0 Å². The van der Waals surface area contributed by atoms with Gasteiger partial charge in [-0.1, -0.05) is 66.7 Å². The van der Waals surface area contributed by atoms with Crippen molar-refractivity contribution in [2.24, 2.45) is 0 Å². The first-order valence-corrected chi connectivity index (χ1v) is 7.43. The van der Waals surface area contributed by atoms with E-state index in [-0.39, 0.29) is 0 Å². The average molecular weight is 284 g/mol. The molecular formula is C20H16N2. The maximum Gasteiger partial charge on any atom is 0.0954 e. The van der Waals surface area contributed by atoms with Crippen LogP contribution in [0.4, 0.5) is 0 Å². The fourth-order valence-corrected chi connectivity index (χ4v) is 2.82. The lowest BCUT2D eigenvalue weighted by molar-refractivity contribution is 0.805. The van der Waals surface area contributed by atoms with Crippen molar-refractivity contribution in [2.45, 2.75) is 6.54 Å². The average Bonchev–Trinajstić information content (AvgIpc) is 3.03. The van der Waals surface area contributed by atoms with Gasteiger partial charge < -0.3 is 4.57 Å². The third-order valence-electron chi connectivity index (χ3n) is 3.95. The van der Waals surface area contributed by atoms with Crippen LogP contribution in [0.1, 0.15) is 5.56 Å². The first-order valence-electron chi connectivity index (χ1n) is 7.43. The molecule has 3 aromatic carbocycles. The van der Waals surface area contributed by atoms with Crippen molar-refractivity contribution in [3.05, 3.63) is 90.9 Å². The summed E-state index contributed by atoms with van der Waals surface area (Å²) in [6.07, 6.45) is 3.84. The minimum atomic E-state index is 0.836. The summed E-state index contributed by atoms with van der Waals surface area (Å²) in [6, 6.07) is 25.5. The van der Waals surface area contributed by atoms with Crippen LogP contribution in [-0.2, 0) is 6.54 Å². The van der Waals surface area contributed by atoms with Crippen LogP contribution in [0.3, 0.4) is 0 Å². The molecule has 0 N–H and O–H groups in total. The zero-order chi connectivity index (χ0) is 14.8. The Morgan fingerprint density at radius 3 is 2.41 bits per heavy atom. The lowest BCUT2D eigenvalue weighted by Gasteiger charge is -2.09. The van der Waals surface area contributed by atoms with Crippen molar-refractivity contribution in [3.8, 4) is 11.3 Å². The molecule has 2 heteroatoms. The molecule has 0 aliphatic heterocycles. The fraction of sp³-hybridized carbons (Fsp3) is 0.0500. The first kappa shape index (κ1) is 12.8. The van der Waals surface area contributed by atoms with Crippen LogP contribution in [-0.4, -0.2) is 9.55 Å². The summed E-state index contributed by atoms with van der Waals surface area (Å²) < 4.78 is 2.19. The van der Waals surface area contributed by atoms with E-state index in [2.05, 4.69) is 76.3 Å². The standard InChI is InChI=1S/C20H16N2/c1-2-6-16(7-3-1)14-22-15-21-13-20(22)19-11-10-17-8-4-5-9-18(17)12-19/h1-13,15H,14H2. The highest BCUT2D eigenvalue weighted by Gasteiger charge is 2.06. The topological polar surface area (TPSA) is 17.8 Å². The Bertz CT molecular complexity index is 907. The van der Waals surface area contributed by atoms with Gasteiger partial charge in [0.25, 0.3) is 0 Å². The van der Waals surface area contributed by atoms with E-state index in [0.717, 1.165) is 12.2 Å². The molecule has 1 aromatic heterocycles. The second-order valence-corrected chi connectivity index (χ2v) is 5.45. The number of fused-ring (bicyclic) bond motifs is 1. The lowest BCUT2D eigenvalue weighted by atomic mass is 10.1. The van der Waals surface area contributed by atoms with Gasteiger partial charge in [0.05, 0.1) is 18.2 Å². The highest BCUT2D eigenvalue weighted by atomic mass is 15.0. The maximum absolute atomic E-state index is 4.34. The zero-order valence-electron chi connectivity index (χ0n) is 12.2. The molecular weight excluding hydrogens is 268 g/mol. The van der Waals surface area contributed by atoms with Crippen LogP contribution in [0.15, 0.2) is 85.3 Å². The molecule has 4 rings (SSSR count). The van der Waals surface area contributed by atoms with Gasteiger partial charge in [-0.25, -0.2) is 4.98 Å². The predicted octanol–water partition coefficient (Wildman–Crippen LogP) is 4.75. The van der Waals surface area contributed by atoms with Crippen molar-refractivity contribution in [3.63, 3.8) is 0 Å². The molecule has 22 heavy (non-hydrogen) atoms. The molecule has 0 saturated heterocycles. The van der Waals surface area contributed by atoms with Gasteiger partial charge in [0, 0.05) is 12.1 Å². The summed E-state index contributed by atoms with van der Waals surface area (Å²) in [4.78, 5) is 4.34. The molecule has 0 amide bonds. The lowest BCUT2D eigenvalue weighted by Crippen LogP contribution is -2.00. The van der Waals surface area contributed by atoms with E-state index in [1.807, 2.05) is 18.6 Å². The number of imidazole rings is 1. The molecule has 0 bridgehead atoms. The van der Waals surface area contributed by atoms with Gasteiger partial charge in [-0.15, -0.1) is 0 Å². The Morgan fingerprint density at radius 1 is 0.773 bits per heavy atom. The van der Waals surface area contributed by atoms with E-state index < -0.39 is 0 Å². The summed E-state index contributed by atoms with van der Waals surface area (Å²) in [5, 5.41) is 2.52. The Kier molecular flexibility index (Phi) is 3.20. The van der Waals surface area contributed by atoms with Crippen molar-refractivity contribution in [1.29, 1.82) is 0 Å². The number of aromatic nitrogens is 2. The summed E-state index contributed by atoms with van der Waals surface area (Å²) in [7, 11) is 0. The number of benzene rings is 3. The molecule has 106 valence electrons. The van der Waals surface area contributed by atoms with Crippen molar-refractivity contribution in [1.82, 2.24) is 9.55 Å². The van der Waals surface area contributed by atoms with Crippen LogP contribution < -0.4 is 0 Å². The molecule has 0 spiro atoms. The maximum atomic E-state index is 4.34. The number of nitrogens with zero attached hydrogens (tertiary/aromatic N) is 2. The van der Waals surface area contributed by atoms with Gasteiger partial charge in [-0.05, 0) is 22.4 Å². The molecule has 0 radical (unpaired) electrons. The second-order valence-electron chi connectivity index (χ2n) is 5.45. The van der Waals surface area contributed by atoms with Crippen molar-refractivity contribution >= 4 is 10.8 Å². The van der Waals surface area contributed by atoms with Crippen LogP contribution >= 0.6 is 0 Å². The normalized spacial score (nSPS) is 10.9. The monoisotopic (exact) mass is 284 g/mol. The van der Waals surface area contributed by atoms with Crippen LogP contribution in [0.25, 0.3) is 22.0 Å². The Balaban J connectivity index is 1.74. The molecule has 2 nitrogen and oxygen atoms in total.